The standard InChI is InChI=1S/C18H19N5O4/c1-11(2)17-16(23(25)26)15(21-27-17)18(24)20-14-8-19-22(10-14)9-13-7-5-4-6-12(13)3/h4-8,10-11H,9H2,1-3H3,(H,20,24). The van der Waals surface area contributed by atoms with Crippen molar-refractivity contribution in [1.29, 1.82) is 0 Å². The molecule has 0 atom stereocenters. The van der Waals surface area contributed by atoms with E-state index in [-0.39, 0.29) is 17.4 Å². The van der Waals surface area contributed by atoms with E-state index >= 15 is 0 Å². The number of aromatic nitrogens is 3. The van der Waals surface area contributed by atoms with Crippen molar-refractivity contribution in [3.05, 3.63) is 69.4 Å². The highest BCUT2D eigenvalue weighted by Gasteiger charge is 2.33. The molecule has 1 aromatic carbocycles. The SMILES string of the molecule is Cc1ccccc1Cn1cc(NC(=O)c2noc(C(C)C)c2[N+](=O)[O-])cn1. The molecule has 1 N–H and O–H groups in total. The van der Waals surface area contributed by atoms with Crippen molar-refractivity contribution in [2.45, 2.75) is 33.2 Å². The van der Waals surface area contributed by atoms with Gasteiger partial charge in [-0.2, -0.15) is 5.10 Å². The van der Waals surface area contributed by atoms with Gasteiger partial charge in [-0.3, -0.25) is 19.6 Å². The first-order valence-corrected chi connectivity index (χ1v) is 8.39. The molecule has 0 saturated carbocycles. The molecule has 3 rings (SSSR count). The number of nitro groups is 1. The van der Waals surface area contributed by atoms with Crippen molar-refractivity contribution < 1.29 is 14.2 Å². The fourth-order valence-corrected chi connectivity index (χ4v) is 2.67. The Morgan fingerprint density at radius 1 is 1.37 bits per heavy atom. The zero-order valence-electron chi connectivity index (χ0n) is 15.2. The average molecular weight is 369 g/mol. The van der Waals surface area contributed by atoms with Crippen LogP contribution in [-0.4, -0.2) is 25.8 Å². The number of carbonyl (C=O) groups is 1. The van der Waals surface area contributed by atoms with E-state index in [9.17, 15) is 14.9 Å². The summed E-state index contributed by atoms with van der Waals surface area (Å²) in [6.45, 7) is 6.01. The van der Waals surface area contributed by atoms with Gasteiger partial charge in [0.15, 0.2) is 0 Å². The third-order valence-corrected chi connectivity index (χ3v) is 4.10. The molecule has 0 fully saturated rings. The summed E-state index contributed by atoms with van der Waals surface area (Å²) in [5.74, 6) is -0.912. The van der Waals surface area contributed by atoms with Gasteiger partial charge in [-0.05, 0) is 18.1 Å². The fourth-order valence-electron chi connectivity index (χ4n) is 2.67. The Morgan fingerprint density at radius 2 is 2.11 bits per heavy atom. The van der Waals surface area contributed by atoms with E-state index in [0.29, 0.717) is 12.2 Å². The molecule has 9 nitrogen and oxygen atoms in total. The normalized spacial score (nSPS) is 11.0. The second-order valence-electron chi connectivity index (χ2n) is 6.46. The third-order valence-electron chi connectivity index (χ3n) is 4.10. The highest BCUT2D eigenvalue weighted by Crippen LogP contribution is 2.30. The topological polar surface area (TPSA) is 116 Å². The Kier molecular flexibility index (Phi) is 5.02. The van der Waals surface area contributed by atoms with Crippen LogP contribution in [0.25, 0.3) is 0 Å². The molecular formula is C18H19N5O4. The van der Waals surface area contributed by atoms with Crippen molar-refractivity contribution >= 4 is 17.3 Å². The summed E-state index contributed by atoms with van der Waals surface area (Å²) in [4.78, 5) is 23.1. The summed E-state index contributed by atoms with van der Waals surface area (Å²) in [5.41, 5.74) is 1.90. The molecule has 27 heavy (non-hydrogen) atoms. The Bertz CT molecular complexity index is 989. The number of carbonyl (C=O) groups excluding carboxylic acids is 1. The van der Waals surface area contributed by atoms with E-state index in [1.807, 2.05) is 31.2 Å². The molecule has 0 aliphatic rings. The number of hydrogen-bond donors (Lipinski definition) is 1. The van der Waals surface area contributed by atoms with Gasteiger partial charge in [-0.25, -0.2) is 0 Å². The van der Waals surface area contributed by atoms with Gasteiger partial charge < -0.3 is 9.84 Å². The lowest BCUT2D eigenvalue weighted by Gasteiger charge is -2.05. The fraction of sp³-hybridized carbons (Fsp3) is 0.278. The molecule has 2 aromatic heterocycles. The lowest BCUT2D eigenvalue weighted by molar-refractivity contribution is -0.386. The van der Waals surface area contributed by atoms with Gasteiger partial charge in [0.25, 0.3) is 5.91 Å². The lowest BCUT2D eigenvalue weighted by atomic mass is 10.1. The van der Waals surface area contributed by atoms with Crippen molar-refractivity contribution in [3.63, 3.8) is 0 Å². The van der Waals surface area contributed by atoms with E-state index in [2.05, 4.69) is 15.6 Å². The zero-order valence-corrected chi connectivity index (χ0v) is 15.2. The second kappa shape index (κ2) is 7.40. The van der Waals surface area contributed by atoms with E-state index in [4.69, 9.17) is 4.52 Å². The summed E-state index contributed by atoms with van der Waals surface area (Å²) >= 11 is 0. The molecule has 0 aliphatic carbocycles. The number of nitrogens with one attached hydrogen (secondary N) is 1. The maximum absolute atomic E-state index is 12.4. The van der Waals surface area contributed by atoms with Crippen LogP contribution in [0.15, 0.2) is 41.2 Å². The summed E-state index contributed by atoms with van der Waals surface area (Å²) in [6, 6.07) is 7.92. The monoisotopic (exact) mass is 369 g/mol. The molecule has 0 unspecified atom stereocenters. The third kappa shape index (κ3) is 3.86. The van der Waals surface area contributed by atoms with Crippen molar-refractivity contribution in [2.75, 3.05) is 5.32 Å². The molecule has 2 heterocycles. The molecule has 3 aromatic rings. The van der Waals surface area contributed by atoms with Crippen LogP contribution in [0.4, 0.5) is 11.4 Å². The number of nitrogens with zero attached hydrogens (tertiary/aromatic N) is 4. The summed E-state index contributed by atoms with van der Waals surface area (Å²) < 4.78 is 6.68. The molecule has 0 bridgehead atoms. The van der Waals surface area contributed by atoms with Crippen LogP contribution in [0.1, 0.15) is 47.1 Å². The number of benzene rings is 1. The highest BCUT2D eigenvalue weighted by molar-refractivity contribution is 6.05. The van der Waals surface area contributed by atoms with Crippen LogP contribution in [0, 0.1) is 17.0 Å². The first kappa shape index (κ1) is 18.3. The van der Waals surface area contributed by atoms with Crippen LogP contribution in [0.5, 0.6) is 0 Å². The van der Waals surface area contributed by atoms with Crippen LogP contribution >= 0.6 is 0 Å². The van der Waals surface area contributed by atoms with Gasteiger partial charge >= 0.3 is 5.69 Å². The minimum atomic E-state index is -0.715. The van der Waals surface area contributed by atoms with Crippen LogP contribution < -0.4 is 5.32 Å². The number of amides is 1. The van der Waals surface area contributed by atoms with Crippen LogP contribution in [0.3, 0.4) is 0 Å². The van der Waals surface area contributed by atoms with Gasteiger partial charge in [0, 0.05) is 12.1 Å². The van der Waals surface area contributed by atoms with Gasteiger partial charge in [0.2, 0.25) is 11.5 Å². The minimum Gasteiger partial charge on any atom is -0.353 e. The summed E-state index contributed by atoms with van der Waals surface area (Å²) in [5, 5.41) is 21.7. The van der Waals surface area contributed by atoms with E-state index < -0.39 is 16.5 Å². The van der Waals surface area contributed by atoms with Crippen LogP contribution in [0.2, 0.25) is 0 Å². The number of rotatable bonds is 6. The Balaban J connectivity index is 1.77. The molecule has 9 heteroatoms. The van der Waals surface area contributed by atoms with Gasteiger partial charge in [-0.15, -0.1) is 0 Å². The van der Waals surface area contributed by atoms with Crippen molar-refractivity contribution in [1.82, 2.24) is 14.9 Å². The van der Waals surface area contributed by atoms with Crippen molar-refractivity contribution in [3.8, 4) is 0 Å². The number of aryl methyl sites for hydroxylation is 1. The largest absolute Gasteiger partial charge is 0.353 e. The number of anilines is 1. The first-order chi connectivity index (χ1) is 12.9. The molecule has 140 valence electrons. The predicted octanol–water partition coefficient (Wildman–Crippen LogP) is 3.51. The lowest BCUT2D eigenvalue weighted by Crippen LogP contribution is -2.14. The molecule has 0 spiro atoms. The smallest absolute Gasteiger partial charge is 0.344 e. The maximum Gasteiger partial charge on any atom is 0.344 e. The van der Waals surface area contributed by atoms with Gasteiger partial charge in [0.1, 0.15) is 0 Å². The quantitative estimate of drug-likeness (QED) is 0.525. The Labute approximate surface area is 155 Å². The summed E-state index contributed by atoms with van der Waals surface area (Å²) in [6.07, 6.45) is 3.13. The van der Waals surface area contributed by atoms with Gasteiger partial charge in [-0.1, -0.05) is 43.3 Å². The molecular weight excluding hydrogens is 350 g/mol. The van der Waals surface area contributed by atoms with Crippen LogP contribution in [-0.2, 0) is 6.54 Å². The van der Waals surface area contributed by atoms with E-state index in [1.165, 1.54) is 6.20 Å². The first-order valence-electron chi connectivity index (χ1n) is 8.39. The van der Waals surface area contributed by atoms with Crippen molar-refractivity contribution in [2.24, 2.45) is 0 Å². The molecule has 0 radical (unpaired) electrons. The predicted molar refractivity (Wildman–Crippen MR) is 97.7 cm³/mol. The van der Waals surface area contributed by atoms with Gasteiger partial charge in [0.05, 0.1) is 23.4 Å². The zero-order chi connectivity index (χ0) is 19.6. The average Bonchev–Trinajstić information content (AvgIpc) is 3.24. The Morgan fingerprint density at radius 3 is 2.78 bits per heavy atom. The van der Waals surface area contributed by atoms with E-state index in [0.717, 1.165) is 11.1 Å². The molecule has 1 amide bonds. The second-order valence-corrected chi connectivity index (χ2v) is 6.46. The minimum absolute atomic E-state index is 0.0698. The number of hydrogen-bond acceptors (Lipinski definition) is 6. The Hall–Kier alpha value is -3.49. The molecule has 0 saturated heterocycles. The maximum atomic E-state index is 12.4. The highest BCUT2D eigenvalue weighted by atomic mass is 16.6. The molecule has 0 aliphatic heterocycles. The van der Waals surface area contributed by atoms with E-state index in [1.54, 1.807) is 24.7 Å². The summed E-state index contributed by atoms with van der Waals surface area (Å²) in [7, 11) is 0.